The maximum Gasteiger partial charge on any atom is 0.306 e. The number of allylic oxidation sites excluding steroid dienone is 3. The molecule has 9 heteroatoms. The molecule has 0 aromatic rings. The zero-order valence-corrected chi connectivity index (χ0v) is 23.4. The highest BCUT2D eigenvalue weighted by Gasteiger charge is 2.73. The van der Waals surface area contributed by atoms with E-state index >= 15 is 0 Å². The number of rotatable bonds is 8. The van der Waals surface area contributed by atoms with Crippen molar-refractivity contribution < 1.29 is 43.5 Å². The lowest BCUT2D eigenvalue weighted by Gasteiger charge is -2.61. The quantitative estimate of drug-likeness (QED) is 0.208. The Labute approximate surface area is 224 Å². The zero-order valence-electron chi connectivity index (χ0n) is 23.4. The Hall–Kier alpha value is -2.49. The van der Waals surface area contributed by atoms with Gasteiger partial charge >= 0.3 is 17.9 Å². The topological polar surface area (TPSA) is 129 Å². The van der Waals surface area contributed by atoms with Crippen molar-refractivity contribution in [1.29, 1.82) is 0 Å². The second-order valence-electron chi connectivity index (χ2n) is 11.6. The molecule has 0 amide bonds. The fourth-order valence-corrected chi connectivity index (χ4v) is 6.46. The number of hydrogen-bond donors (Lipinski definition) is 2. The zero-order chi connectivity index (χ0) is 28.6. The molecule has 2 fully saturated rings. The van der Waals surface area contributed by atoms with Crippen LogP contribution in [0, 0.1) is 28.6 Å². The van der Waals surface area contributed by atoms with Crippen LogP contribution in [-0.2, 0) is 33.3 Å². The third-order valence-corrected chi connectivity index (χ3v) is 8.55. The van der Waals surface area contributed by atoms with Crippen LogP contribution >= 0.6 is 0 Å². The Morgan fingerprint density at radius 1 is 1.16 bits per heavy atom. The highest BCUT2D eigenvalue weighted by molar-refractivity contribution is 5.70. The molecule has 2 N–H and O–H groups in total. The van der Waals surface area contributed by atoms with Gasteiger partial charge in [0.05, 0.1) is 17.6 Å². The first-order valence-electron chi connectivity index (χ1n) is 13.2. The van der Waals surface area contributed by atoms with Crippen LogP contribution in [-0.4, -0.2) is 59.0 Å². The molecule has 1 heterocycles. The van der Waals surface area contributed by atoms with Crippen LogP contribution in [0.25, 0.3) is 0 Å². The van der Waals surface area contributed by atoms with Gasteiger partial charge in [-0.25, -0.2) is 0 Å². The summed E-state index contributed by atoms with van der Waals surface area (Å²) in [5, 5.41) is 23.1. The van der Waals surface area contributed by atoms with Crippen molar-refractivity contribution in [3.8, 4) is 0 Å². The van der Waals surface area contributed by atoms with Crippen molar-refractivity contribution in [2.24, 2.45) is 28.6 Å². The Kier molecular flexibility index (Phi) is 8.95. The lowest BCUT2D eigenvalue weighted by atomic mass is 9.44. The van der Waals surface area contributed by atoms with E-state index in [1.165, 1.54) is 13.8 Å². The van der Waals surface area contributed by atoms with Gasteiger partial charge in [-0.2, -0.15) is 0 Å². The van der Waals surface area contributed by atoms with E-state index in [9.17, 15) is 24.6 Å². The van der Waals surface area contributed by atoms with Crippen molar-refractivity contribution in [3.63, 3.8) is 0 Å². The number of aliphatic hydroxyl groups is 2. The molecular formula is C29H42O9. The van der Waals surface area contributed by atoms with E-state index in [0.29, 0.717) is 12.0 Å². The Bertz CT molecular complexity index is 1010. The minimum atomic E-state index is -1.44. The van der Waals surface area contributed by atoms with Crippen molar-refractivity contribution in [2.45, 2.75) is 98.6 Å². The average Bonchev–Trinajstić information content (AvgIpc) is 3.11. The molecule has 0 aromatic carbocycles. The van der Waals surface area contributed by atoms with Gasteiger partial charge in [-0.3, -0.25) is 19.1 Å². The van der Waals surface area contributed by atoms with Gasteiger partial charge in [-0.1, -0.05) is 52.0 Å². The minimum Gasteiger partial charge on any atom is -0.458 e. The first kappa shape index (κ1) is 30.1. The monoisotopic (exact) mass is 534 g/mol. The first-order chi connectivity index (χ1) is 17.7. The van der Waals surface area contributed by atoms with Crippen LogP contribution in [0.1, 0.15) is 67.7 Å². The lowest BCUT2D eigenvalue weighted by Crippen LogP contribution is -2.68. The third kappa shape index (κ3) is 5.33. The number of hydrogen-bond acceptors (Lipinski definition) is 9. The molecule has 0 bridgehead atoms. The van der Waals surface area contributed by atoms with Gasteiger partial charge in [-0.15, -0.1) is 0 Å². The Morgan fingerprint density at radius 2 is 1.79 bits per heavy atom. The molecule has 1 aliphatic heterocycles. The van der Waals surface area contributed by atoms with Gasteiger partial charge in [0.25, 0.3) is 0 Å². The van der Waals surface area contributed by atoms with Crippen LogP contribution in [0.4, 0.5) is 0 Å². The molecule has 2 aliphatic carbocycles. The van der Waals surface area contributed by atoms with E-state index in [0.717, 1.165) is 5.57 Å². The van der Waals surface area contributed by atoms with Gasteiger partial charge in [-0.05, 0) is 49.0 Å². The van der Waals surface area contributed by atoms with E-state index in [1.54, 1.807) is 12.2 Å². The first-order valence-corrected chi connectivity index (χ1v) is 13.2. The van der Waals surface area contributed by atoms with Crippen molar-refractivity contribution >= 4 is 17.9 Å². The summed E-state index contributed by atoms with van der Waals surface area (Å²) in [4.78, 5) is 36.9. The van der Waals surface area contributed by atoms with Crippen LogP contribution < -0.4 is 0 Å². The summed E-state index contributed by atoms with van der Waals surface area (Å²) < 4.78 is 23.0. The molecule has 38 heavy (non-hydrogen) atoms. The van der Waals surface area contributed by atoms with Gasteiger partial charge in [0, 0.05) is 25.8 Å². The second kappa shape index (κ2) is 11.3. The van der Waals surface area contributed by atoms with E-state index in [-0.39, 0.29) is 24.7 Å². The minimum absolute atomic E-state index is 0.0961. The second-order valence-corrected chi connectivity index (χ2v) is 11.6. The molecule has 0 unspecified atom stereocenters. The van der Waals surface area contributed by atoms with Crippen molar-refractivity contribution in [3.05, 3.63) is 36.0 Å². The van der Waals surface area contributed by atoms with E-state index in [4.69, 9.17) is 18.9 Å². The fourth-order valence-electron chi connectivity index (χ4n) is 6.46. The van der Waals surface area contributed by atoms with E-state index < -0.39 is 65.5 Å². The molecule has 9 atom stereocenters. The normalized spacial score (nSPS) is 38.5. The maximum absolute atomic E-state index is 12.7. The molecule has 1 saturated carbocycles. The van der Waals surface area contributed by atoms with Crippen LogP contribution in [0.3, 0.4) is 0 Å². The third-order valence-electron chi connectivity index (χ3n) is 8.55. The highest BCUT2D eigenvalue weighted by atomic mass is 16.8. The molecule has 9 nitrogen and oxygen atoms in total. The van der Waals surface area contributed by atoms with Crippen LogP contribution in [0.2, 0.25) is 0 Å². The molecule has 212 valence electrons. The van der Waals surface area contributed by atoms with Gasteiger partial charge in [0.1, 0.15) is 6.10 Å². The molecule has 1 saturated heterocycles. The smallest absolute Gasteiger partial charge is 0.306 e. The van der Waals surface area contributed by atoms with Gasteiger partial charge < -0.3 is 24.4 Å². The number of carbonyl (C=O) groups is 3. The van der Waals surface area contributed by atoms with Crippen molar-refractivity contribution in [2.75, 3.05) is 0 Å². The van der Waals surface area contributed by atoms with Crippen LogP contribution in [0.15, 0.2) is 36.0 Å². The number of ether oxygens (including phenoxy) is 4. The summed E-state index contributed by atoms with van der Waals surface area (Å²) in [5.74, 6) is -2.48. The molecule has 1 spiro atoms. The maximum atomic E-state index is 12.7. The fraction of sp³-hybridized carbons (Fsp3) is 0.690. The lowest BCUT2D eigenvalue weighted by molar-refractivity contribution is -0.273. The van der Waals surface area contributed by atoms with Crippen molar-refractivity contribution in [1.82, 2.24) is 0 Å². The van der Waals surface area contributed by atoms with E-state index in [1.807, 2.05) is 40.7 Å². The Morgan fingerprint density at radius 3 is 2.34 bits per heavy atom. The van der Waals surface area contributed by atoms with Gasteiger partial charge in [0.2, 0.25) is 12.6 Å². The standard InChI is InChI=1S/C29H42O9/c1-9-16(4)10-11-28(8)17(5)24(33)25(34)29-21(26(35-18(6)30)38-27(29)36-19(7)31)13-20(14-22(28)29)37-23(32)12-15(2)3/h9-10,13,15,17,20,22,24-27,33-34H,1,11-12,14H2,2-8H3/b16-10-/t17-,20+,22+,24-,25+,26+,27-,28-,29-/m1/s1. The summed E-state index contributed by atoms with van der Waals surface area (Å²) in [6.45, 7) is 15.9. The predicted octanol–water partition coefficient (Wildman–Crippen LogP) is 3.59. The predicted molar refractivity (Wildman–Crippen MR) is 138 cm³/mol. The summed E-state index contributed by atoms with van der Waals surface area (Å²) in [7, 11) is 0. The Balaban J connectivity index is 2.25. The molecular weight excluding hydrogens is 492 g/mol. The number of esters is 3. The molecule has 3 aliphatic rings. The van der Waals surface area contributed by atoms with E-state index in [2.05, 4.69) is 6.58 Å². The number of aliphatic hydroxyl groups excluding tert-OH is 2. The summed E-state index contributed by atoms with van der Waals surface area (Å²) in [5.41, 5.74) is -0.857. The average molecular weight is 535 g/mol. The molecule has 0 radical (unpaired) electrons. The molecule has 0 aromatic heterocycles. The van der Waals surface area contributed by atoms with Crippen LogP contribution in [0.5, 0.6) is 0 Å². The SMILES string of the molecule is C=C/C(C)=C\C[C@]1(C)[C@H](C)[C@@H](O)[C@H](O)[C@@]23C(=C[C@H](OC(=O)CC(C)C)C[C@@H]12)[C@@H](OC(C)=O)O[C@H]3OC(C)=O. The molecule has 3 rings (SSSR count). The largest absolute Gasteiger partial charge is 0.458 e. The highest BCUT2D eigenvalue weighted by Crippen LogP contribution is 2.67. The van der Waals surface area contributed by atoms with Gasteiger partial charge in [0.15, 0.2) is 0 Å². The summed E-state index contributed by atoms with van der Waals surface area (Å²) in [6.07, 6.45) is 0.417. The summed E-state index contributed by atoms with van der Waals surface area (Å²) >= 11 is 0. The summed E-state index contributed by atoms with van der Waals surface area (Å²) in [6, 6.07) is 0. The number of carbonyl (C=O) groups excluding carboxylic acids is 3.